The number of amides is 2. The van der Waals surface area contributed by atoms with E-state index in [4.69, 9.17) is 0 Å². The predicted octanol–water partition coefficient (Wildman–Crippen LogP) is 3.58. The zero-order chi connectivity index (χ0) is 19.2. The van der Waals surface area contributed by atoms with Gasteiger partial charge in [0.15, 0.2) is 0 Å². The van der Waals surface area contributed by atoms with E-state index in [0.29, 0.717) is 17.3 Å². The van der Waals surface area contributed by atoms with Gasteiger partial charge < -0.3 is 15.5 Å². The molecular formula is C20H25N5O2. The lowest BCUT2D eigenvalue weighted by molar-refractivity contribution is -0.114. The Morgan fingerprint density at radius 2 is 2.04 bits per heavy atom. The molecule has 0 radical (unpaired) electrons. The van der Waals surface area contributed by atoms with E-state index in [2.05, 4.69) is 27.5 Å². The van der Waals surface area contributed by atoms with Gasteiger partial charge in [0, 0.05) is 37.1 Å². The first-order valence-electron chi connectivity index (χ1n) is 9.35. The maximum atomic E-state index is 12.9. The van der Waals surface area contributed by atoms with E-state index >= 15 is 0 Å². The number of hydrogen-bond acceptors (Lipinski definition) is 5. The van der Waals surface area contributed by atoms with Crippen molar-refractivity contribution in [2.75, 3.05) is 17.2 Å². The molecule has 2 N–H and O–H groups in total. The number of benzene rings is 1. The van der Waals surface area contributed by atoms with Crippen LogP contribution in [0, 0.1) is 0 Å². The molecule has 1 aromatic heterocycles. The summed E-state index contributed by atoms with van der Waals surface area (Å²) in [7, 11) is 0. The molecule has 1 atom stereocenters. The molecule has 7 heteroatoms. The molecule has 0 aliphatic carbocycles. The monoisotopic (exact) mass is 367 g/mol. The molecule has 1 aliphatic rings. The van der Waals surface area contributed by atoms with Crippen molar-refractivity contribution >= 4 is 29.1 Å². The fourth-order valence-electron chi connectivity index (χ4n) is 3.38. The Labute approximate surface area is 159 Å². The van der Waals surface area contributed by atoms with Gasteiger partial charge in [0.1, 0.15) is 5.69 Å². The third kappa shape index (κ3) is 4.81. The number of carbonyl (C=O) groups is 2. The molecule has 2 amide bonds. The summed E-state index contributed by atoms with van der Waals surface area (Å²) < 4.78 is 0. The van der Waals surface area contributed by atoms with Crippen molar-refractivity contribution in [1.82, 2.24) is 14.9 Å². The van der Waals surface area contributed by atoms with Gasteiger partial charge in [-0.2, -0.15) is 0 Å². The van der Waals surface area contributed by atoms with Crippen molar-refractivity contribution in [3.05, 3.63) is 42.2 Å². The third-order valence-corrected chi connectivity index (χ3v) is 4.67. The Morgan fingerprint density at radius 1 is 1.22 bits per heavy atom. The highest BCUT2D eigenvalue weighted by Crippen LogP contribution is 2.22. The van der Waals surface area contributed by atoms with Gasteiger partial charge in [-0.1, -0.05) is 13.0 Å². The molecule has 0 spiro atoms. The number of piperidine rings is 1. The Morgan fingerprint density at radius 3 is 2.81 bits per heavy atom. The number of anilines is 3. The molecule has 27 heavy (non-hydrogen) atoms. The molecule has 1 aliphatic heterocycles. The van der Waals surface area contributed by atoms with Gasteiger partial charge in [0.2, 0.25) is 11.9 Å². The van der Waals surface area contributed by atoms with Gasteiger partial charge in [0.25, 0.3) is 5.91 Å². The SMILES string of the molecule is CCC1CCCCN1C(=O)c1ccnc(Nc2cccc(NC(C)=O)c2)n1. The third-order valence-electron chi connectivity index (χ3n) is 4.67. The minimum atomic E-state index is -0.136. The average Bonchev–Trinajstić information content (AvgIpc) is 2.67. The second kappa shape index (κ2) is 8.62. The highest BCUT2D eigenvalue weighted by molar-refractivity contribution is 5.93. The molecule has 7 nitrogen and oxygen atoms in total. The molecule has 2 heterocycles. The second-order valence-electron chi connectivity index (χ2n) is 6.71. The van der Waals surface area contributed by atoms with Crippen LogP contribution in [0.4, 0.5) is 17.3 Å². The number of nitrogens with zero attached hydrogens (tertiary/aromatic N) is 3. The van der Waals surface area contributed by atoms with Crippen LogP contribution in [0.15, 0.2) is 36.5 Å². The number of carbonyl (C=O) groups excluding carboxylic acids is 2. The van der Waals surface area contributed by atoms with E-state index in [1.54, 1.807) is 24.4 Å². The second-order valence-corrected chi connectivity index (χ2v) is 6.71. The molecule has 1 saturated heterocycles. The molecule has 1 unspecified atom stereocenters. The van der Waals surface area contributed by atoms with Crippen LogP contribution in [-0.2, 0) is 4.79 Å². The zero-order valence-electron chi connectivity index (χ0n) is 15.7. The maximum absolute atomic E-state index is 12.9. The molecule has 0 bridgehead atoms. The molecular weight excluding hydrogens is 342 g/mol. The summed E-state index contributed by atoms with van der Waals surface area (Å²) in [5.74, 6) is 0.174. The van der Waals surface area contributed by atoms with Crippen molar-refractivity contribution in [3.8, 4) is 0 Å². The highest BCUT2D eigenvalue weighted by Gasteiger charge is 2.27. The number of aromatic nitrogens is 2. The molecule has 0 saturated carbocycles. The summed E-state index contributed by atoms with van der Waals surface area (Å²) in [6, 6.07) is 9.20. The quantitative estimate of drug-likeness (QED) is 0.843. The van der Waals surface area contributed by atoms with Crippen LogP contribution in [0.1, 0.15) is 50.0 Å². The molecule has 3 rings (SSSR count). The largest absolute Gasteiger partial charge is 0.334 e. The molecule has 142 valence electrons. The smallest absolute Gasteiger partial charge is 0.272 e. The van der Waals surface area contributed by atoms with Crippen LogP contribution in [-0.4, -0.2) is 39.3 Å². The van der Waals surface area contributed by atoms with Crippen molar-refractivity contribution in [1.29, 1.82) is 0 Å². The first-order chi connectivity index (χ1) is 13.1. The normalized spacial score (nSPS) is 16.7. The van der Waals surface area contributed by atoms with Gasteiger partial charge in [-0.25, -0.2) is 9.97 Å². The maximum Gasteiger partial charge on any atom is 0.272 e. The lowest BCUT2D eigenvalue weighted by Gasteiger charge is -2.35. The van der Waals surface area contributed by atoms with Crippen LogP contribution in [0.25, 0.3) is 0 Å². The molecule has 2 aromatic rings. The van der Waals surface area contributed by atoms with Crippen molar-refractivity contribution in [2.45, 2.75) is 45.6 Å². The molecule has 1 aromatic carbocycles. The van der Waals surface area contributed by atoms with Crippen molar-refractivity contribution < 1.29 is 9.59 Å². The van der Waals surface area contributed by atoms with E-state index in [9.17, 15) is 9.59 Å². The van der Waals surface area contributed by atoms with Gasteiger partial charge in [-0.3, -0.25) is 9.59 Å². The Hall–Kier alpha value is -2.96. The van der Waals surface area contributed by atoms with E-state index in [0.717, 1.165) is 31.5 Å². The van der Waals surface area contributed by atoms with Gasteiger partial charge >= 0.3 is 0 Å². The summed E-state index contributed by atoms with van der Waals surface area (Å²) in [6.45, 7) is 4.36. The first kappa shape index (κ1) is 18.8. The summed E-state index contributed by atoms with van der Waals surface area (Å²) in [5.41, 5.74) is 1.81. The van der Waals surface area contributed by atoms with Gasteiger partial charge in [-0.15, -0.1) is 0 Å². The summed E-state index contributed by atoms with van der Waals surface area (Å²) in [4.78, 5) is 34.7. The fraction of sp³-hybridized carbons (Fsp3) is 0.400. The minimum absolute atomic E-state index is 0.0426. The molecule has 1 fully saturated rings. The van der Waals surface area contributed by atoms with Crippen molar-refractivity contribution in [2.24, 2.45) is 0 Å². The predicted molar refractivity (Wildman–Crippen MR) is 105 cm³/mol. The topological polar surface area (TPSA) is 87.2 Å². The Bertz CT molecular complexity index is 824. The number of nitrogens with one attached hydrogen (secondary N) is 2. The lowest BCUT2D eigenvalue weighted by atomic mass is 9.99. The standard InChI is InChI=1S/C20H25N5O2/c1-3-17-9-4-5-12-25(17)19(27)18-10-11-21-20(24-18)23-16-8-6-7-15(13-16)22-14(2)26/h6-8,10-11,13,17H,3-5,9,12H2,1-2H3,(H,22,26)(H,21,23,24). The number of likely N-dealkylation sites (tertiary alicyclic amines) is 1. The average molecular weight is 367 g/mol. The first-order valence-corrected chi connectivity index (χ1v) is 9.35. The van der Waals surface area contributed by atoms with E-state index in [1.807, 2.05) is 17.0 Å². The Balaban J connectivity index is 1.75. The van der Waals surface area contributed by atoms with Gasteiger partial charge in [0.05, 0.1) is 0 Å². The van der Waals surface area contributed by atoms with Crippen LogP contribution < -0.4 is 10.6 Å². The number of hydrogen-bond donors (Lipinski definition) is 2. The summed E-state index contributed by atoms with van der Waals surface area (Å²) >= 11 is 0. The van der Waals surface area contributed by atoms with Gasteiger partial charge in [-0.05, 0) is 49.9 Å². The summed E-state index contributed by atoms with van der Waals surface area (Å²) in [6.07, 6.45) is 5.80. The minimum Gasteiger partial charge on any atom is -0.334 e. The fourth-order valence-corrected chi connectivity index (χ4v) is 3.38. The van der Waals surface area contributed by atoms with Crippen LogP contribution in [0.5, 0.6) is 0 Å². The Kier molecular flexibility index (Phi) is 6.01. The zero-order valence-corrected chi connectivity index (χ0v) is 15.7. The van der Waals surface area contributed by atoms with Crippen LogP contribution in [0.3, 0.4) is 0 Å². The van der Waals surface area contributed by atoms with Crippen LogP contribution >= 0.6 is 0 Å². The number of rotatable bonds is 5. The highest BCUT2D eigenvalue weighted by atomic mass is 16.2. The van der Waals surface area contributed by atoms with Crippen molar-refractivity contribution in [3.63, 3.8) is 0 Å². The lowest BCUT2D eigenvalue weighted by Crippen LogP contribution is -2.43. The van der Waals surface area contributed by atoms with E-state index in [1.165, 1.54) is 13.3 Å². The summed E-state index contributed by atoms with van der Waals surface area (Å²) in [5, 5.41) is 5.83. The van der Waals surface area contributed by atoms with E-state index < -0.39 is 0 Å². The van der Waals surface area contributed by atoms with E-state index in [-0.39, 0.29) is 17.9 Å². The van der Waals surface area contributed by atoms with Crippen LogP contribution in [0.2, 0.25) is 0 Å².